The number of sulfonamides is 1. The quantitative estimate of drug-likeness (QED) is 0.750. The van der Waals surface area contributed by atoms with E-state index in [0.29, 0.717) is 11.6 Å². The van der Waals surface area contributed by atoms with Gasteiger partial charge in [-0.3, -0.25) is 4.21 Å². The fourth-order valence-corrected chi connectivity index (χ4v) is 2.59. The van der Waals surface area contributed by atoms with Gasteiger partial charge in [0.15, 0.2) is 0 Å². The van der Waals surface area contributed by atoms with Crippen LogP contribution in [0.1, 0.15) is 0 Å². The van der Waals surface area contributed by atoms with Gasteiger partial charge in [0, 0.05) is 42.6 Å². The lowest BCUT2D eigenvalue weighted by Gasteiger charge is -2.06. The maximum Gasteiger partial charge on any atom is 0.242 e. The molecule has 0 radical (unpaired) electrons. The minimum absolute atomic E-state index is 0.0957. The molecule has 0 fully saturated rings. The summed E-state index contributed by atoms with van der Waals surface area (Å²) >= 11 is 0. The molecule has 0 bridgehead atoms. The summed E-state index contributed by atoms with van der Waals surface area (Å²) in [5.41, 5.74) is 0. The van der Waals surface area contributed by atoms with Gasteiger partial charge in [0.05, 0.1) is 0 Å². The van der Waals surface area contributed by atoms with Crippen LogP contribution in [0, 0.1) is 0 Å². The van der Waals surface area contributed by atoms with E-state index in [1.54, 1.807) is 13.1 Å². The van der Waals surface area contributed by atoms with Crippen molar-refractivity contribution in [3.63, 3.8) is 0 Å². The first-order chi connectivity index (χ1) is 7.95. The predicted octanol–water partition coefficient (Wildman–Crippen LogP) is -0.220. The summed E-state index contributed by atoms with van der Waals surface area (Å²) in [6.45, 7) is 0.152. The van der Waals surface area contributed by atoms with Crippen LogP contribution in [0.15, 0.2) is 23.2 Å². The summed E-state index contributed by atoms with van der Waals surface area (Å²) in [6, 6.07) is 3.04. The van der Waals surface area contributed by atoms with Crippen molar-refractivity contribution in [2.75, 3.05) is 30.9 Å². The first kappa shape index (κ1) is 14.1. The molecule has 1 unspecified atom stereocenters. The Balaban J connectivity index is 2.72. The van der Waals surface area contributed by atoms with E-state index >= 15 is 0 Å². The summed E-state index contributed by atoms with van der Waals surface area (Å²) in [4.78, 5) is 4.01. The van der Waals surface area contributed by atoms with Gasteiger partial charge in [-0.1, -0.05) is 0 Å². The van der Waals surface area contributed by atoms with Crippen LogP contribution >= 0.6 is 0 Å². The molecule has 0 aliphatic heterocycles. The Hall–Kier alpha value is -0.990. The molecule has 0 aliphatic rings. The van der Waals surface area contributed by atoms with Crippen molar-refractivity contribution in [2.24, 2.45) is 0 Å². The van der Waals surface area contributed by atoms with Gasteiger partial charge >= 0.3 is 0 Å². The third-order valence-corrected chi connectivity index (χ3v) is 4.21. The SMILES string of the molecule is CNc1ccc(S(=O)(=O)NCCS(C)=O)cn1. The van der Waals surface area contributed by atoms with Crippen LogP contribution in [0.5, 0.6) is 0 Å². The number of nitrogens with zero attached hydrogens (tertiary/aromatic N) is 1. The zero-order valence-corrected chi connectivity index (χ0v) is 11.3. The van der Waals surface area contributed by atoms with Gasteiger partial charge in [0.1, 0.15) is 10.7 Å². The lowest BCUT2D eigenvalue weighted by Crippen LogP contribution is -2.27. The Kier molecular flexibility index (Phi) is 5.03. The smallest absolute Gasteiger partial charge is 0.242 e. The second-order valence-electron chi connectivity index (χ2n) is 3.30. The second-order valence-corrected chi connectivity index (χ2v) is 6.63. The van der Waals surface area contributed by atoms with Crippen LogP contribution in [-0.2, 0) is 20.8 Å². The fraction of sp³-hybridized carbons (Fsp3) is 0.444. The maximum atomic E-state index is 11.7. The molecule has 0 aliphatic carbocycles. The number of aromatic nitrogens is 1. The molecule has 96 valence electrons. The van der Waals surface area contributed by atoms with Gasteiger partial charge in [-0.05, 0) is 12.1 Å². The number of pyridine rings is 1. The van der Waals surface area contributed by atoms with Crippen molar-refractivity contribution < 1.29 is 12.6 Å². The summed E-state index contributed by atoms with van der Waals surface area (Å²) in [5, 5.41) is 2.80. The van der Waals surface area contributed by atoms with Gasteiger partial charge in [0.2, 0.25) is 10.0 Å². The number of rotatable bonds is 6. The van der Waals surface area contributed by atoms with Crippen molar-refractivity contribution in [1.82, 2.24) is 9.71 Å². The summed E-state index contributed by atoms with van der Waals surface area (Å²) in [7, 11) is -2.87. The third kappa shape index (κ3) is 4.41. The molecule has 2 N–H and O–H groups in total. The molecule has 17 heavy (non-hydrogen) atoms. The monoisotopic (exact) mass is 277 g/mol. The normalized spacial score (nSPS) is 13.3. The van der Waals surface area contributed by atoms with E-state index < -0.39 is 20.8 Å². The molecule has 1 aromatic rings. The lowest BCUT2D eigenvalue weighted by molar-refractivity contribution is 0.583. The molecule has 0 saturated carbocycles. The average molecular weight is 277 g/mol. The van der Waals surface area contributed by atoms with Crippen molar-refractivity contribution in [3.05, 3.63) is 18.3 Å². The van der Waals surface area contributed by atoms with Crippen molar-refractivity contribution in [3.8, 4) is 0 Å². The molecule has 8 heteroatoms. The molecule has 0 saturated heterocycles. The first-order valence-corrected chi connectivity index (χ1v) is 8.10. The number of hydrogen-bond donors (Lipinski definition) is 2. The molecule has 0 amide bonds. The van der Waals surface area contributed by atoms with Crippen LogP contribution in [0.3, 0.4) is 0 Å². The van der Waals surface area contributed by atoms with E-state index in [1.165, 1.54) is 18.5 Å². The van der Waals surface area contributed by atoms with Gasteiger partial charge in [0.25, 0.3) is 0 Å². The highest BCUT2D eigenvalue weighted by molar-refractivity contribution is 7.89. The Morgan fingerprint density at radius 2 is 2.12 bits per heavy atom. The minimum atomic E-state index is -3.56. The molecule has 6 nitrogen and oxygen atoms in total. The topological polar surface area (TPSA) is 88.2 Å². The Morgan fingerprint density at radius 1 is 1.41 bits per heavy atom. The molecule has 0 spiro atoms. The van der Waals surface area contributed by atoms with E-state index in [4.69, 9.17) is 0 Å². The Labute approximate surface area is 103 Å². The van der Waals surface area contributed by atoms with Crippen molar-refractivity contribution in [1.29, 1.82) is 0 Å². The van der Waals surface area contributed by atoms with Crippen LogP contribution in [-0.4, -0.2) is 43.2 Å². The van der Waals surface area contributed by atoms with Crippen LogP contribution < -0.4 is 10.0 Å². The zero-order chi connectivity index (χ0) is 12.9. The largest absolute Gasteiger partial charge is 0.373 e. The third-order valence-electron chi connectivity index (χ3n) is 1.98. The van der Waals surface area contributed by atoms with Crippen LogP contribution in [0.4, 0.5) is 5.82 Å². The summed E-state index contributed by atoms with van der Waals surface area (Å²) in [6.07, 6.45) is 2.80. The Bertz CT molecular complexity index is 485. The van der Waals surface area contributed by atoms with Crippen LogP contribution in [0.25, 0.3) is 0 Å². The second kappa shape index (κ2) is 6.08. The predicted molar refractivity (Wildman–Crippen MR) is 67.9 cm³/mol. The zero-order valence-electron chi connectivity index (χ0n) is 9.63. The highest BCUT2D eigenvalue weighted by Crippen LogP contribution is 2.09. The molecule has 1 atom stereocenters. The summed E-state index contributed by atoms with van der Waals surface area (Å²) < 4.78 is 36.7. The fourth-order valence-electron chi connectivity index (χ4n) is 1.09. The van der Waals surface area contributed by atoms with E-state index in [1.807, 2.05) is 0 Å². The van der Waals surface area contributed by atoms with Gasteiger partial charge < -0.3 is 5.32 Å². The van der Waals surface area contributed by atoms with Crippen molar-refractivity contribution in [2.45, 2.75) is 4.90 Å². The minimum Gasteiger partial charge on any atom is -0.373 e. The summed E-state index contributed by atoms with van der Waals surface area (Å²) in [5.74, 6) is 0.889. The van der Waals surface area contributed by atoms with E-state index in [0.717, 1.165) is 0 Å². The van der Waals surface area contributed by atoms with E-state index in [2.05, 4.69) is 15.0 Å². The lowest BCUT2D eigenvalue weighted by atomic mass is 10.5. The van der Waals surface area contributed by atoms with E-state index in [-0.39, 0.29) is 11.4 Å². The van der Waals surface area contributed by atoms with Gasteiger partial charge in [-0.25, -0.2) is 18.1 Å². The average Bonchev–Trinajstić information content (AvgIpc) is 2.28. The molecular formula is C9H15N3O3S2. The maximum absolute atomic E-state index is 11.7. The van der Waals surface area contributed by atoms with Gasteiger partial charge in [-0.15, -0.1) is 0 Å². The number of hydrogen-bond acceptors (Lipinski definition) is 5. The van der Waals surface area contributed by atoms with Crippen LogP contribution in [0.2, 0.25) is 0 Å². The first-order valence-electron chi connectivity index (χ1n) is 4.89. The Morgan fingerprint density at radius 3 is 2.59 bits per heavy atom. The number of anilines is 1. The standard InChI is InChI=1S/C9H15N3O3S2/c1-10-9-4-3-8(7-11-9)17(14,15)12-5-6-16(2)13/h3-4,7,12H,5-6H2,1-2H3,(H,10,11). The molecule has 1 heterocycles. The molecule has 1 rings (SSSR count). The molecule has 1 aromatic heterocycles. The highest BCUT2D eigenvalue weighted by atomic mass is 32.2. The van der Waals surface area contributed by atoms with Crippen molar-refractivity contribution >= 4 is 26.6 Å². The molecular weight excluding hydrogens is 262 g/mol. The van der Waals surface area contributed by atoms with E-state index in [9.17, 15) is 12.6 Å². The van der Waals surface area contributed by atoms with Gasteiger partial charge in [-0.2, -0.15) is 0 Å². The number of nitrogens with one attached hydrogen (secondary N) is 2. The highest BCUT2D eigenvalue weighted by Gasteiger charge is 2.13. The molecule has 0 aromatic carbocycles.